The Labute approximate surface area is 119 Å². The lowest BCUT2D eigenvalue weighted by Gasteiger charge is -2.12. The fourth-order valence-corrected chi connectivity index (χ4v) is 1.88. The molecule has 3 N–H and O–H groups in total. The number of nitrogens with one attached hydrogen (secondary N) is 1. The first kappa shape index (κ1) is 18.4. The van der Waals surface area contributed by atoms with Crippen molar-refractivity contribution in [2.24, 2.45) is 0 Å². The molecule has 0 aromatic carbocycles. The average Bonchev–Trinajstić information content (AvgIpc) is 2.36. The molecule has 1 atom stereocenters. The number of carbonyl (C=O) groups is 3. The summed E-state index contributed by atoms with van der Waals surface area (Å²) in [4.78, 5) is 32.7. The lowest BCUT2D eigenvalue weighted by atomic mass is 10.1. The highest BCUT2D eigenvalue weighted by atomic mass is 16.4. The number of carboxylic acid groups (broad SMARTS) is 2. The van der Waals surface area contributed by atoms with Gasteiger partial charge in [0.15, 0.2) is 0 Å². The smallest absolute Gasteiger partial charge is 0.326 e. The summed E-state index contributed by atoms with van der Waals surface area (Å²) in [5.41, 5.74) is 0. The van der Waals surface area contributed by atoms with Crippen LogP contribution in [0.1, 0.15) is 64.7 Å². The Balaban J connectivity index is 3.75. The molecule has 6 heteroatoms. The van der Waals surface area contributed by atoms with Gasteiger partial charge in [0.25, 0.3) is 0 Å². The Hall–Kier alpha value is -1.59. The average molecular weight is 287 g/mol. The topological polar surface area (TPSA) is 104 Å². The van der Waals surface area contributed by atoms with E-state index in [0.717, 1.165) is 19.3 Å². The normalized spacial score (nSPS) is 11.8. The van der Waals surface area contributed by atoms with Crippen LogP contribution in [0.25, 0.3) is 0 Å². The minimum absolute atomic E-state index is 0.247. The molecular formula is C14H25NO5. The number of unbranched alkanes of at least 4 members (excludes halogenated alkanes) is 6. The van der Waals surface area contributed by atoms with Gasteiger partial charge in [0.2, 0.25) is 5.91 Å². The standard InChI is InChI=1S/C14H25NO5/c1-2-3-4-5-6-7-8-9-12(16)15-11(14(19)20)10-13(17)18/h11H,2-10H2,1H3,(H,15,16)(H,17,18)(H,19,20)/t11-/m0/s1. The van der Waals surface area contributed by atoms with Crippen molar-refractivity contribution < 1.29 is 24.6 Å². The maximum atomic E-state index is 11.5. The van der Waals surface area contributed by atoms with E-state index in [4.69, 9.17) is 10.2 Å². The summed E-state index contributed by atoms with van der Waals surface area (Å²) in [5.74, 6) is -2.96. The molecule has 0 radical (unpaired) electrons. The molecule has 6 nitrogen and oxygen atoms in total. The van der Waals surface area contributed by atoms with Crippen LogP contribution in [0.3, 0.4) is 0 Å². The molecule has 116 valence electrons. The zero-order valence-electron chi connectivity index (χ0n) is 12.1. The lowest BCUT2D eigenvalue weighted by Crippen LogP contribution is -2.42. The number of carbonyl (C=O) groups excluding carboxylic acids is 1. The molecule has 0 aromatic heterocycles. The van der Waals surface area contributed by atoms with E-state index in [1.807, 2.05) is 0 Å². The van der Waals surface area contributed by atoms with Crippen molar-refractivity contribution in [1.82, 2.24) is 5.32 Å². The summed E-state index contributed by atoms with van der Waals surface area (Å²) in [7, 11) is 0. The Morgan fingerprint density at radius 1 is 0.950 bits per heavy atom. The molecule has 0 fully saturated rings. The van der Waals surface area contributed by atoms with E-state index in [1.54, 1.807) is 0 Å². The van der Waals surface area contributed by atoms with Crippen LogP contribution in [-0.2, 0) is 14.4 Å². The molecule has 0 spiro atoms. The number of carboxylic acids is 2. The van der Waals surface area contributed by atoms with Gasteiger partial charge in [0, 0.05) is 6.42 Å². The highest BCUT2D eigenvalue weighted by Gasteiger charge is 2.22. The van der Waals surface area contributed by atoms with Crippen LogP contribution in [0.2, 0.25) is 0 Å². The summed E-state index contributed by atoms with van der Waals surface area (Å²) < 4.78 is 0. The summed E-state index contributed by atoms with van der Waals surface area (Å²) in [6.07, 6.45) is 7.17. The molecule has 0 unspecified atom stereocenters. The second-order valence-electron chi connectivity index (χ2n) is 4.93. The summed E-state index contributed by atoms with van der Waals surface area (Å²) >= 11 is 0. The monoisotopic (exact) mass is 287 g/mol. The molecule has 0 aliphatic rings. The number of rotatable bonds is 12. The van der Waals surface area contributed by atoms with E-state index in [2.05, 4.69) is 12.2 Å². The van der Waals surface area contributed by atoms with Gasteiger partial charge in [-0.2, -0.15) is 0 Å². The maximum Gasteiger partial charge on any atom is 0.326 e. The quantitative estimate of drug-likeness (QED) is 0.477. The first-order valence-corrected chi connectivity index (χ1v) is 7.21. The Morgan fingerprint density at radius 3 is 2.00 bits per heavy atom. The van der Waals surface area contributed by atoms with Crippen molar-refractivity contribution in [2.75, 3.05) is 0 Å². The number of hydrogen-bond acceptors (Lipinski definition) is 3. The van der Waals surface area contributed by atoms with Gasteiger partial charge in [-0.25, -0.2) is 4.79 Å². The van der Waals surface area contributed by atoms with Crippen LogP contribution in [0.4, 0.5) is 0 Å². The van der Waals surface area contributed by atoms with Gasteiger partial charge in [-0.05, 0) is 6.42 Å². The third kappa shape index (κ3) is 10.3. The Kier molecular flexibility index (Phi) is 10.4. The molecule has 0 saturated carbocycles. The van der Waals surface area contributed by atoms with Crippen molar-refractivity contribution in [3.8, 4) is 0 Å². The summed E-state index contributed by atoms with van der Waals surface area (Å²) in [5, 5.41) is 19.6. The second kappa shape index (κ2) is 11.3. The second-order valence-corrected chi connectivity index (χ2v) is 4.93. The zero-order valence-corrected chi connectivity index (χ0v) is 12.1. The molecule has 0 heterocycles. The van der Waals surface area contributed by atoms with Gasteiger partial charge in [-0.15, -0.1) is 0 Å². The van der Waals surface area contributed by atoms with Crippen LogP contribution >= 0.6 is 0 Å². The minimum Gasteiger partial charge on any atom is -0.481 e. The van der Waals surface area contributed by atoms with Crippen molar-refractivity contribution in [3.05, 3.63) is 0 Å². The molecule has 0 rings (SSSR count). The van der Waals surface area contributed by atoms with E-state index >= 15 is 0 Å². The van der Waals surface area contributed by atoms with Crippen LogP contribution in [0.15, 0.2) is 0 Å². The summed E-state index contributed by atoms with van der Waals surface area (Å²) in [6.45, 7) is 2.15. The fourth-order valence-electron chi connectivity index (χ4n) is 1.88. The van der Waals surface area contributed by atoms with Crippen LogP contribution < -0.4 is 5.32 Å². The van der Waals surface area contributed by atoms with E-state index in [-0.39, 0.29) is 6.42 Å². The Morgan fingerprint density at radius 2 is 1.50 bits per heavy atom. The van der Waals surface area contributed by atoms with Gasteiger partial charge in [0.05, 0.1) is 6.42 Å². The van der Waals surface area contributed by atoms with E-state index < -0.39 is 30.3 Å². The van der Waals surface area contributed by atoms with Gasteiger partial charge < -0.3 is 15.5 Å². The van der Waals surface area contributed by atoms with Gasteiger partial charge in [-0.3, -0.25) is 9.59 Å². The van der Waals surface area contributed by atoms with Gasteiger partial charge in [0.1, 0.15) is 6.04 Å². The van der Waals surface area contributed by atoms with Crippen molar-refractivity contribution in [3.63, 3.8) is 0 Å². The predicted octanol–water partition coefficient (Wildman–Crippen LogP) is 2.17. The van der Waals surface area contributed by atoms with Crippen molar-refractivity contribution in [1.29, 1.82) is 0 Å². The van der Waals surface area contributed by atoms with Gasteiger partial charge >= 0.3 is 11.9 Å². The molecule has 0 aromatic rings. The molecule has 0 saturated heterocycles. The van der Waals surface area contributed by atoms with E-state index in [9.17, 15) is 14.4 Å². The van der Waals surface area contributed by atoms with E-state index in [1.165, 1.54) is 19.3 Å². The Bertz CT molecular complexity index is 317. The predicted molar refractivity (Wildman–Crippen MR) is 74.4 cm³/mol. The van der Waals surface area contributed by atoms with Crippen molar-refractivity contribution >= 4 is 17.8 Å². The highest BCUT2D eigenvalue weighted by Crippen LogP contribution is 2.08. The third-order valence-corrected chi connectivity index (χ3v) is 3.02. The number of amides is 1. The molecule has 0 aliphatic heterocycles. The zero-order chi connectivity index (χ0) is 15.4. The molecular weight excluding hydrogens is 262 g/mol. The SMILES string of the molecule is CCCCCCCCCC(=O)N[C@@H](CC(=O)O)C(=O)O. The molecule has 0 bridgehead atoms. The van der Waals surface area contributed by atoms with E-state index in [0.29, 0.717) is 6.42 Å². The first-order chi connectivity index (χ1) is 9.47. The molecule has 0 aliphatic carbocycles. The minimum atomic E-state index is -1.34. The largest absolute Gasteiger partial charge is 0.481 e. The summed E-state index contributed by atoms with van der Waals surface area (Å²) in [6, 6.07) is -1.34. The lowest BCUT2D eigenvalue weighted by molar-refractivity contribution is -0.147. The number of hydrogen-bond donors (Lipinski definition) is 3. The van der Waals surface area contributed by atoms with Crippen LogP contribution in [0, 0.1) is 0 Å². The first-order valence-electron chi connectivity index (χ1n) is 7.21. The molecule has 20 heavy (non-hydrogen) atoms. The number of aliphatic carboxylic acids is 2. The van der Waals surface area contributed by atoms with Crippen molar-refractivity contribution in [2.45, 2.75) is 70.8 Å². The van der Waals surface area contributed by atoms with Crippen LogP contribution in [-0.4, -0.2) is 34.1 Å². The van der Waals surface area contributed by atoms with Gasteiger partial charge in [-0.1, -0.05) is 45.4 Å². The maximum absolute atomic E-state index is 11.5. The molecule has 1 amide bonds. The fraction of sp³-hybridized carbons (Fsp3) is 0.786. The highest BCUT2D eigenvalue weighted by molar-refractivity contribution is 5.86. The van der Waals surface area contributed by atoms with Crippen LogP contribution in [0.5, 0.6) is 0 Å². The third-order valence-electron chi connectivity index (χ3n) is 3.02.